The Kier molecular flexibility index (Phi) is 9.82. The fourth-order valence-electron chi connectivity index (χ4n) is 10.3. The number of ether oxygens (including phenoxy) is 1. The van der Waals surface area contributed by atoms with Crippen LogP contribution in [0.25, 0.3) is 11.4 Å². The normalized spacial score (nSPS) is 27.1. The summed E-state index contributed by atoms with van der Waals surface area (Å²) in [6, 6.07) is 11.6. The lowest BCUT2D eigenvalue weighted by molar-refractivity contribution is -0.688. The fraction of sp³-hybridized carbons (Fsp3) is 0.595. The summed E-state index contributed by atoms with van der Waals surface area (Å²) in [6.07, 6.45) is 14.4. The van der Waals surface area contributed by atoms with Crippen LogP contribution < -0.4 is 20.7 Å². The number of para-hydroxylation sites is 1. The van der Waals surface area contributed by atoms with Crippen LogP contribution >= 0.6 is 0 Å². The summed E-state index contributed by atoms with van der Waals surface area (Å²) in [5, 5.41) is 21.1. The lowest BCUT2D eigenvalue weighted by atomic mass is 9.60. The van der Waals surface area contributed by atoms with Crippen molar-refractivity contribution in [3.8, 4) is 11.4 Å². The molecule has 3 aliphatic carbocycles. The lowest BCUT2D eigenvalue weighted by Crippen LogP contribution is -2.37. The number of methoxy groups -OCH3 is 1. The lowest BCUT2D eigenvalue weighted by Gasteiger charge is -2.45. The largest absolute Gasteiger partial charge is 0.496 e. The molecule has 2 N–H and O–H groups in total. The van der Waals surface area contributed by atoms with E-state index in [1.165, 1.54) is 27.7 Å². The molecule has 9 nitrogen and oxygen atoms in total. The highest BCUT2D eigenvalue weighted by molar-refractivity contribution is 5.57. The molecule has 2 fully saturated rings. The van der Waals surface area contributed by atoms with E-state index in [2.05, 4.69) is 13.8 Å². The molecule has 1 aromatic carbocycles. The molecule has 7 rings (SSSR count). The molecule has 9 heteroatoms. The maximum absolute atomic E-state index is 14.7. The Morgan fingerprint density at radius 2 is 1.80 bits per heavy atom. The van der Waals surface area contributed by atoms with Gasteiger partial charge in [-0.15, -0.1) is 0 Å². The molecule has 0 amide bonds. The zero-order chi connectivity index (χ0) is 36.1. The van der Waals surface area contributed by atoms with Crippen LogP contribution in [-0.2, 0) is 13.1 Å². The molecule has 2 saturated carbocycles. The minimum atomic E-state index is -0.638. The first kappa shape index (κ1) is 35.7. The van der Waals surface area contributed by atoms with E-state index in [1.54, 1.807) is 16.5 Å². The number of benzene rings is 1. The number of aliphatic hydroxyl groups is 2. The van der Waals surface area contributed by atoms with Crippen LogP contribution in [0.3, 0.4) is 0 Å². The molecule has 274 valence electrons. The molecule has 3 aromatic rings. The van der Waals surface area contributed by atoms with E-state index in [1.807, 2.05) is 67.2 Å². The van der Waals surface area contributed by atoms with Gasteiger partial charge in [0.1, 0.15) is 5.75 Å². The molecule has 4 aliphatic rings. The van der Waals surface area contributed by atoms with Gasteiger partial charge in [-0.25, -0.2) is 28.1 Å². The van der Waals surface area contributed by atoms with Gasteiger partial charge in [0, 0.05) is 24.3 Å². The van der Waals surface area contributed by atoms with Gasteiger partial charge in [0.25, 0.3) is 0 Å². The molecule has 0 unspecified atom stereocenters. The number of rotatable bonds is 9. The number of aromatic nitrogens is 4. The van der Waals surface area contributed by atoms with E-state index in [-0.39, 0.29) is 22.9 Å². The summed E-state index contributed by atoms with van der Waals surface area (Å²) >= 11 is 0. The second-order valence-corrected chi connectivity index (χ2v) is 16.8. The number of nitrogens with zero attached hydrogens (tertiary/aromatic N) is 4. The minimum absolute atomic E-state index is 0.121. The van der Waals surface area contributed by atoms with Crippen LogP contribution in [0, 0.1) is 23.2 Å². The van der Waals surface area contributed by atoms with E-state index in [0.29, 0.717) is 55.8 Å². The van der Waals surface area contributed by atoms with Crippen LogP contribution in [0.2, 0.25) is 0 Å². The minimum Gasteiger partial charge on any atom is -0.496 e. The number of fused-ring (bicyclic) bond motifs is 2. The van der Waals surface area contributed by atoms with Gasteiger partial charge < -0.3 is 14.9 Å². The van der Waals surface area contributed by atoms with Gasteiger partial charge >= 0.3 is 11.4 Å². The van der Waals surface area contributed by atoms with Gasteiger partial charge in [-0.1, -0.05) is 44.4 Å². The molecular formula is C42H57N4O5+. The Morgan fingerprint density at radius 3 is 2.55 bits per heavy atom. The van der Waals surface area contributed by atoms with Crippen molar-refractivity contribution in [2.45, 2.75) is 130 Å². The van der Waals surface area contributed by atoms with Crippen LogP contribution in [-0.4, -0.2) is 43.0 Å². The number of pyridine rings is 1. The van der Waals surface area contributed by atoms with Gasteiger partial charge in [0.2, 0.25) is 0 Å². The monoisotopic (exact) mass is 697 g/mol. The quantitative estimate of drug-likeness (QED) is 0.199. The Hall–Kier alpha value is -3.69. The van der Waals surface area contributed by atoms with E-state index in [0.717, 1.165) is 68.4 Å². The maximum atomic E-state index is 14.7. The molecular weight excluding hydrogens is 640 g/mol. The number of allylic oxidation sites excluding steroid dienone is 3. The third kappa shape index (κ3) is 6.84. The Bertz CT molecular complexity index is 1940. The zero-order valence-corrected chi connectivity index (χ0v) is 31.2. The predicted octanol–water partition coefficient (Wildman–Crippen LogP) is 6.40. The van der Waals surface area contributed by atoms with Gasteiger partial charge in [-0.2, -0.15) is 0 Å². The average molecular weight is 698 g/mol. The Labute approximate surface area is 301 Å². The average Bonchev–Trinajstić information content (AvgIpc) is 3.50. The Balaban J connectivity index is 1.27. The highest BCUT2D eigenvalue weighted by Gasteiger charge is 2.51. The van der Waals surface area contributed by atoms with E-state index in [9.17, 15) is 19.8 Å². The van der Waals surface area contributed by atoms with Crippen molar-refractivity contribution < 1.29 is 19.5 Å². The van der Waals surface area contributed by atoms with Crippen LogP contribution in [0.4, 0.5) is 0 Å². The molecule has 0 spiro atoms. The molecule has 0 saturated heterocycles. The van der Waals surface area contributed by atoms with Crippen LogP contribution in [0.5, 0.6) is 5.75 Å². The summed E-state index contributed by atoms with van der Waals surface area (Å²) in [5.41, 5.74) is 5.17. The van der Waals surface area contributed by atoms with Crippen molar-refractivity contribution in [3.05, 3.63) is 92.0 Å². The van der Waals surface area contributed by atoms with E-state index >= 15 is 0 Å². The van der Waals surface area contributed by atoms with Gasteiger partial charge in [-0.05, 0) is 118 Å². The first-order valence-electron chi connectivity index (χ1n) is 19.3. The van der Waals surface area contributed by atoms with Crippen molar-refractivity contribution in [2.75, 3.05) is 7.11 Å². The van der Waals surface area contributed by atoms with E-state index in [4.69, 9.17) is 4.74 Å². The SMILES string of the molecule is COc1ccccc1C[n+]1ccc(-n2c(=O)n3n(c2=O)/C(=C2/CCC[C@]4(C)[C@@H]([C@H](C)CCCC(C)(C)O)CC[C@@H]24)CC2=C(CC[C@H](O)C2)C3)cc1. The second-order valence-electron chi connectivity index (χ2n) is 16.8. The molecule has 1 aliphatic heterocycles. The van der Waals surface area contributed by atoms with Crippen molar-refractivity contribution in [2.24, 2.45) is 23.2 Å². The van der Waals surface area contributed by atoms with Crippen LogP contribution in [0.1, 0.15) is 110 Å². The molecule has 0 radical (unpaired) electrons. The fourth-order valence-corrected chi connectivity index (χ4v) is 10.3. The van der Waals surface area contributed by atoms with Crippen molar-refractivity contribution in [1.29, 1.82) is 0 Å². The van der Waals surface area contributed by atoms with Gasteiger partial charge in [0.05, 0.1) is 36.6 Å². The standard InChI is InChI=1S/C42H57N4O5/c1-28(10-8-20-41(2,3)50)35-16-17-36-34(12-9-21-42(35,36)4)37-25-31-24-33(47)15-14-29(31)27-44-39(48)45(40(49)46(37)44)32-18-22-43(23-19-32)26-30-11-6-7-13-38(30)51-5/h6-7,11,13,18-19,22-23,28,33,35-36,47,50H,8-10,12,14-17,20-21,24-27H2,1-5H3/q+1/b37-34-/t28-,33+,35-,36+,42-/m1/s1. The Morgan fingerprint density at radius 1 is 1.04 bits per heavy atom. The number of hydrogen-bond acceptors (Lipinski definition) is 5. The summed E-state index contributed by atoms with van der Waals surface area (Å²) in [7, 11) is 1.67. The third-order valence-corrected chi connectivity index (χ3v) is 12.9. The first-order valence-corrected chi connectivity index (χ1v) is 19.3. The van der Waals surface area contributed by atoms with Crippen molar-refractivity contribution in [1.82, 2.24) is 13.9 Å². The topological polar surface area (TPSA) is 102 Å². The molecule has 5 atom stereocenters. The molecule has 2 aromatic heterocycles. The smallest absolute Gasteiger partial charge is 0.356 e. The molecule has 51 heavy (non-hydrogen) atoms. The predicted molar refractivity (Wildman–Crippen MR) is 199 cm³/mol. The van der Waals surface area contributed by atoms with Crippen LogP contribution in [0.15, 0.2) is 75.1 Å². The number of hydrogen-bond donors (Lipinski definition) is 2. The van der Waals surface area contributed by atoms with Gasteiger partial charge in [-0.3, -0.25) is 0 Å². The summed E-state index contributed by atoms with van der Waals surface area (Å²) in [4.78, 5) is 29.1. The third-order valence-electron chi connectivity index (χ3n) is 12.9. The van der Waals surface area contributed by atoms with Gasteiger partial charge in [0.15, 0.2) is 18.9 Å². The summed E-state index contributed by atoms with van der Waals surface area (Å²) in [6.45, 7) is 9.66. The highest BCUT2D eigenvalue weighted by Crippen LogP contribution is 2.61. The molecule has 0 bridgehead atoms. The summed E-state index contributed by atoms with van der Waals surface area (Å²) < 4.78 is 12.3. The van der Waals surface area contributed by atoms with E-state index < -0.39 is 5.60 Å². The first-order chi connectivity index (χ1) is 24.4. The van der Waals surface area contributed by atoms with Crippen molar-refractivity contribution >= 4 is 5.70 Å². The zero-order valence-electron chi connectivity index (χ0n) is 31.2. The van der Waals surface area contributed by atoms with Crippen molar-refractivity contribution in [3.63, 3.8) is 0 Å². The highest BCUT2D eigenvalue weighted by atomic mass is 16.5. The maximum Gasteiger partial charge on any atom is 0.356 e. The molecule has 3 heterocycles. The number of aliphatic hydroxyl groups excluding tert-OH is 1. The summed E-state index contributed by atoms with van der Waals surface area (Å²) in [5.74, 6) is 2.29. The second kappa shape index (κ2) is 14.0.